The van der Waals surface area contributed by atoms with Gasteiger partial charge in [-0.15, -0.1) is 0 Å². The minimum absolute atomic E-state index is 0.0299. The summed E-state index contributed by atoms with van der Waals surface area (Å²) in [6, 6.07) is 9.36. The zero-order chi connectivity index (χ0) is 15.0. The van der Waals surface area contributed by atoms with Gasteiger partial charge in [-0.25, -0.2) is 0 Å². The van der Waals surface area contributed by atoms with Crippen molar-refractivity contribution in [3.8, 4) is 0 Å². The molecule has 1 rings (SSSR count). The Bertz CT molecular complexity index is 395. The van der Waals surface area contributed by atoms with Crippen molar-refractivity contribution in [3.63, 3.8) is 0 Å². The largest absolute Gasteiger partial charge is 0.396 e. The lowest BCUT2D eigenvalue weighted by Gasteiger charge is -2.21. The van der Waals surface area contributed by atoms with E-state index >= 15 is 0 Å². The summed E-state index contributed by atoms with van der Waals surface area (Å²) in [5.74, 6) is 0.0193. The standard InChI is InChI=1S/C16H26N2O2/c1-3-13(9-10-19)11-18-16(20)12(2)15(17)14-7-5-4-6-8-14/h4-8,12-13,15,19H,3,9-11,17H2,1-2H3,(H,18,20). The molecule has 1 aromatic rings. The van der Waals surface area contributed by atoms with E-state index in [1.165, 1.54) is 0 Å². The molecule has 4 N–H and O–H groups in total. The van der Waals surface area contributed by atoms with E-state index in [-0.39, 0.29) is 24.5 Å². The molecule has 1 amide bonds. The first-order valence-electron chi connectivity index (χ1n) is 7.29. The van der Waals surface area contributed by atoms with Gasteiger partial charge in [-0.2, -0.15) is 0 Å². The van der Waals surface area contributed by atoms with Crippen LogP contribution in [-0.4, -0.2) is 24.2 Å². The van der Waals surface area contributed by atoms with E-state index in [9.17, 15) is 4.79 Å². The number of nitrogens with one attached hydrogen (secondary N) is 1. The first kappa shape index (κ1) is 16.7. The number of aliphatic hydroxyl groups excluding tert-OH is 1. The predicted molar refractivity (Wildman–Crippen MR) is 81.0 cm³/mol. The van der Waals surface area contributed by atoms with Crippen molar-refractivity contribution in [3.05, 3.63) is 35.9 Å². The highest BCUT2D eigenvalue weighted by molar-refractivity contribution is 5.79. The van der Waals surface area contributed by atoms with Gasteiger partial charge in [-0.05, 0) is 17.9 Å². The number of amides is 1. The van der Waals surface area contributed by atoms with E-state index in [0.717, 1.165) is 18.4 Å². The highest BCUT2D eigenvalue weighted by atomic mass is 16.3. The maximum absolute atomic E-state index is 12.1. The number of hydrogen-bond acceptors (Lipinski definition) is 3. The maximum Gasteiger partial charge on any atom is 0.224 e. The summed E-state index contributed by atoms with van der Waals surface area (Å²) in [4.78, 5) is 12.1. The third-order valence-electron chi connectivity index (χ3n) is 3.82. The summed E-state index contributed by atoms with van der Waals surface area (Å²) >= 11 is 0. The highest BCUT2D eigenvalue weighted by Crippen LogP contribution is 2.19. The molecular weight excluding hydrogens is 252 g/mol. The summed E-state index contributed by atoms with van der Waals surface area (Å²) < 4.78 is 0. The van der Waals surface area contributed by atoms with Crippen molar-refractivity contribution in [2.24, 2.45) is 17.6 Å². The molecule has 0 saturated heterocycles. The van der Waals surface area contributed by atoms with Crippen LogP contribution in [0.4, 0.5) is 0 Å². The average Bonchev–Trinajstić information content (AvgIpc) is 2.50. The molecule has 0 heterocycles. The topological polar surface area (TPSA) is 75.3 Å². The van der Waals surface area contributed by atoms with Crippen LogP contribution in [-0.2, 0) is 4.79 Å². The van der Waals surface area contributed by atoms with Crippen LogP contribution in [0.5, 0.6) is 0 Å². The summed E-state index contributed by atoms with van der Waals surface area (Å²) in [6.45, 7) is 4.67. The van der Waals surface area contributed by atoms with Crippen molar-refractivity contribution < 1.29 is 9.90 Å². The van der Waals surface area contributed by atoms with E-state index < -0.39 is 0 Å². The number of nitrogens with two attached hydrogens (primary N) is 1. The zero-order valence-corrected chi connectivity index (χ0v) is 12.4. The molecule has 0 aromatic heterocycles. The van der Waals surface area contributed by atoms with Crippen molar-refractivity contribution >= 4 is 5.91 Å². The number of carbonyl (C=O) groups is 1. The van der Waals surface area contributed by atoms with Crippen molar-refractivity contribution in [1.29, 1.82) is 0 Å². The van der Waals surface area contributed by atoms with Crippen LogP contribution in [0.1, 0.15) is 38.3 Å². The minimum atomic E-state index is -0.297. The van der Waals surface area contributed by atoms with Crippen LogP contribution in [0, 0.1) is 11.8 Å². The van der Waals surface area contributed by atoms with Crippen molar-refractivity contribution in [1.82, 2.24) is 5.32 Å². The third-order valence-corrected chi connectivity index (χ3v) is 3.82. The molecule has 0 bridgehead atoms. The Morgan fingerprint density at radius 1 is 1.35 bits per heavy atom. The van der Waals surface area contributed by atoms with Crippen LogP contribution in [0.15, 0.2) is 30.3 Å². The van der Waals surface area contributed by atoms with Gasteiger partial charge in [0.15, 0.2) is 0 Å². The van der Waals surface area contributed by atoms with Gasteiger partial charge in [-0.1, -0.05) is 50.6 Å². The fourth-order valence-electron chi connectivity index (χ4n) is 2.17. The molecule has 0 aliphatic carbocycles. The van der Waals surface area contributed by atoms with Gasteiger partial charge in [0.1, 0.15) is 0 Å². The Morgan fingerprint density at radius 3 is 2.55 bits per heavy atom. The van der Waals surface area contributed by atoms with Crippen LogP contribution in [0.25, 0.3) is 0 Å². The summed E-state index contributed by atoms with van der Waals surface area (Å²) in [5.41, 5.74) is 7.11. The molecule has 0 aliphatic heterocycles. The van der Waals surface area contributed by atoms with Gasteiger partial charge in [-0.3, -0.25) is 4.79 Å². The van der Waals surface area contributed by atoms with Crippen LogP contribution in [0.2, 0.25) is 0 Å². The van der Waals surface area contributed by atoms with Crippen LogP contribution >= 0.6 is 0 Å². The summed E-state index contributed by atoms with van der Waals surface area (Å²) in [7, 11) is 0. The molecular formula is C16H26N2O2. The Labute approximate surface area is 121 Å². The van der Waals surface area contributed by atoms with Gasteiger partial charge >= 0.3 is 0 Å². The lowest BCUT2D eigenvalue weighted by molar-refractivity contribution is -0.125. The number of aliphatic hydroxyl groups is 1. The van der Waals surface area contributed by atoms with Gasteiger partial charge in [0.2, 0.25) is 5.91 Å². The van der Waals surface area contributed by atoms with E-state index in [4.69, 9.17) is 10.8 Å². The molecule has 0 fully saturated rings. The second-order valence-corrected chi connectivity index (χ2v) is 5.26. The fraction of sp³-hybridized carbons (Fsp3) is 0.562. The number of rotatable bonds is 8. The van der Waals surface area contributed by atoms with Gasteiger partial charge < -0.3 is 16.2 Å². The van der Waals surface area contributed by atoms with E-state index in [2.05, 4.69) is 12.2 Å². The molecule has 3 atom stereocenters. The molecule has 20 heavy (non-hydrogen) atoms. The molecule has 4 nitrogen and oxygen atoms in total. The van der Waals surface area contributed by atoms with E-state index in [1.807, 2.05) is 37.3 Å². The number of hydrogen-bond donors (Lipinski definition) is 3. The van der Waals surface area contributed by atoms with Gasteiger partial charge in [0, 0.05) is 19.2 Å². The SMILES string of the molecule is CCC(CCO)CNC(=O)C(C)C(N)c1ccccc1. The molecule has 4 heteroatoms. The lowest BCUT2D eigenvalue weighted by Crippen LogP contribution is -2.38. The Hall–Kier alpha value is -1.39. The maximum atomic E-state index is 12.1. The first-order valence-corrected chi connectivity index (χ1v) is 7.29. The molecule has 3 unspecified atom stereocenters. The Kier molecular flexibility index (Phi) is 7.26. The van der Waals surface area contributed by atoms with Gasteiger partial charge in [0.05, 0.1) is 5.92 Å². The average molecular weight is 278 g/mol. The minimum Gasteiger partial charge on any atom is -0.396 e. The Morgan fingerprint density at radius 2 is 2.00 bits per heavy atom. The van der Waals surface area contributed by atoms with Crippen LogP contribution in [0.3, 0.4) is 0 Å². The third kappa shape index (κ3) is 4.94. The quantitative estimate of drug-likeness (QED) is 0.679. The van der Waals surface area contributed by atoms with Crippen molar-refractivity contribution in [2.45, 2.75) is 32.7 Å². The number of carbonyl (C=O) groups excluding carboxylic acids is 1. The van der Waals surface area contributed by atoms with Gasteiger partial charge in [0.25, 0.3) is 0 Å². The number of benzene rings is 1. The summed E-state index contributed by atoms with van der Waals surface area (Å²) in [6.07, 6.45) is 1.66. The van der Waals surface area contributed by atoms with E-state index in [1.54, 1.807) is 0 Å². The van der Waals surface area contributed by atoms with E-state index in [0.29, 0.717) is 12.5 Å². The monoisotopic (exact) mass is 278 g/mol. The molecule has 0 spiro atoms. The zero-order valence-electron chi connectivity index (χ0n) is 12.4. The molecule has 1 aromatic carbocycles. The highest BCUT2D eigenvalue weighted by Gasteiger charge is 2.22. The summed E-state index contributed by atoms with van der Waals surface area (Å²) in [5, 5.41) is 11.9. The smallest absolute Gasteiger partial charge is 0.224 e. The first-order chi connectivity index (χ1) is 9.60. The molecule has 112 valence electrons. The second-order valence-electron chi connectivity index (χ2n) is 5.26. The molecule has 0 aliphatic rings. The predicted octanol–water partition coefficient (Wildman–Crippen LogP) is 1.85. The molecule has 0 radical (unpaired) electrons. The Balaban J connectivity index is 2.50. The van der Waals surface area contributed by atoms with Crippen molar-refractivity contribution in [2.75, 3.05) is 13.2 Å². The fourth-order valence-corrected chi connectivity index (χ4v) is 2.17. The molecule has 0 saturated carbocycles. The second kappa shape index (κ2) is 8.72. The lowest BCUT2D eigenvalue weighted by atomic mass is 9.94. The normalized spacial score (nSPS) is 15.4. The van der Waals surface area contributed by atoms with Crippen LogP contribution < -0.4 is 11.1 Å².